The molecule has 1 aromatic rings. The zero-order chi connectivity index (χ0) is 17.2. The van der Waals surface area contributed by atoms with Gasteiger partial charge in [-0.15, -0.1) is 12.4 Å². The standard InChI is InChI=1S/C17H25N3O3S.ClH/c1-13(14-11-18-12-14)17(21)19-15-6-5-7-16(10-15)24(22,23)20-8-3-2-4-9-20;/h5-7,10,13-14,18H,2-4,8-9,11-12H2,1H3,(H,19,21);1H. The van der Waals surface area contributed by atoms with E-state index in [2.05, 4.69) is 10.6 Å². The normalized spacial score (nSPS) is 20.2. The lowest BCUT2D eigenvalue weighted by Gasteiger charge is -2.31. The molecule has 140 valence electrons. The first kappa shape index (κ1) is 20.2. The highest BCUT2D eigenvalue weighted by Gasteiger charge is 2.29. The van der Waals surface area contributed by atoms with Gasteiger partial charge in [0.25, 0.3) is 0 Å². The predicted octanol–water partition coefficient (Wildman–Crippen LogP) is 2.08. The quantitative estimate of drug-likeness (QED) is 0.810. The molecule has 1 unspecified atom stereocenters. The van der Waals surface area contributed by atoms with Gasteiger partial charge < -0.3 is 10.6 Å². The Bertz CT molecular complexity index is 701. The topological polar surface area (TPSA) is 78.5 Å². The monoisotopic (exact) mass is 387 g/mol. The molecule has 1 amide bonds. The molecule has 2 fully saturated rings. The number of sulfonamides is 1. The maximum atomic E-state index is 12.7. The second kappa shape index (κ2) is 8.49. The highest BCUT2D eigenvalue weighted by molar-refractivity contribution is 7.89. The molecule has 2 heterocycles. The van der Waals surface area contributed by atoms with Crippen molar-refractivity contribution in [3.05, 3.63) is 24.3 Å². The Labute approximate surface area is 155 Å². The van der Waals surface area contributed by atoms with E-state index in [-0.39, 0.29) is 29.1 Å². The average Bonchev–Trinajstić information content (AvgIpc) is 2.54. The molecular formula is C17H26ClN3O3S. The van der Waals surface area contributed by atoms with E-state index in [1.807, 2.05) is 6.92 Å². The molecule has 0 radical (unpaired) electrons. The summed E-state index contributed by atoms with van der Waals surface area (Å²) in [4.78, 5) is 12.6. The van der Waals surface area contributed by atoms with E-state index in [4.69, 9.17) is 0 Å². The van der Waals surface area contributed by atoms with Gasteiger partial charge in [0.1, 0.15) is 0 Å². The third-order valence-corrected chi connectivity index (χ3v) is 6.88. The fourth-order valence-electron chi connectivity index (χ4n) is 3.12. The third-order valence-electron chi connectivity index (χ3n) is 4.99. The van der Waals surface area contributed by atoms with Crippen molar-refractivity contribution in [2.24, 2.45) is 11.8 Å². The van der Waals surface area contributed by atoms with Crippen molar-refractivity contribution < 1.29 is 13.2 Å². The van der Waals surface area contributed by atoms with Crippen molar-refractivity contribution in [2.75, 3.05) is 31.5 Å². The predicted molar refractivity (Wildman–Crippen MR) is 100 cm³/mol. The van der Waals surface area contributed by atoms with Crippen molar-refractivity contribution in [3.8, 4) is 0 Å². The number of carbonyl (C=O) groups excluding carboxylic acids is 1. The van der Waals surface area contributed by atoms with Crippen molar-refractivity contribution in [1.29, 1.82) is 0 Å². The minimum absolute atomic E-state index is 0. The number of amides is 1. The number of piperidine rings is 1. The smallest absolute Gasteiger partial charge is 0.243 e. The maximum Gasteiger partial charge on any atom is 0.243 e. The summed E-state index contributed by atoms with van der Waals surface area (Å²) in [7, 11) is -3.48. The summed E-state index contributed by atoms with van der Waals surface area (Å²) in [5.74, 6) is 0.202. The minimum atomic E-state index is -3.48. The summed E-state index contributed by atoms with van der Waals surface area (Å²) in [6.07, 6.45) is 2.89. The van der Waals surface area contributed by atoms with Crippen LogP contribution in [0.15, 0.2) is 29.2 Å². The largest absolute Gasteiger partial charge is 0.326 e. The van der Waals surface area contributed by atoms with Crippen LogP contribution in [0, 0.1) is 11.8 Å². The minimum Gasteiger partial charge on any atom is -0.326 e. The number of rotatable bonds is 5. The molecule has 8 heteroatoms. The van der Waals surface area contributed by atoms with Crippen LogP contribution in [0.1, 0.15) is 26.2 Å². The number of nitrogens with zero attached hydrogens (tertiary/aromatic N) is 1. The van der Waals surface area contributed by atoms with Crippen molar-refractivity contribution in [1.82, 2.24) is 9.62 Å². The lowest BCUT2D eigenvalue weighted by atomic mass is 9.88. The summed E-state index contributed by atoms with van der Waals surface area (Å²) in [6, 6.07) is 6.58. The molecule has 3 rings (SSSR count). The van der Waals surface area contributed by atoms with Gasteiger partial charge in [-0.1, -0.05) is 19.4 Å². The molecule has 2 aliphatic rings. The van der Waals surface area contributed by atoms with Crippen LogP contribution in [-0.4, -0.2) is 44.8 Å². The number of nitrogens with one attached hydrogen (secondary N) is 2. The molecule has 2 N–H and O–H groups in total. The Kier molecular flexibility index (Phi) is 6.85. The van der Waals surface area contributed by atoms with Gasteiger partial charge in [0.15, 0.2) is 0 Å². The number of anilines is 1. The van der Waals surface area contributed by atoms with Crippen LogP contribution in [0.2, 0.25) is 0 Å². The molecule has 2 saturated heterocycles. The Morgan fingerprint density at radius 1 is 1.24 bits per heavy atom. The summed E-state index contributed by atoms with van der Waals surface area (Å²) in [5.41, 5.74) is 0.539. The van der Waals surface area contributed by atoms with Gasteiger partial charge in [-0.05, 0) is 50.0 Å². The zero-order valence-corrected chi connectivity index (χ0v) is 16.0. The van der Waals surface area contributed by atoms with Crippen LogP contribution in [-0.2, 0) is 14.8 Å². The number of carbonyl (C=O) groups is 1. The molecule has 25 heavy (non-hydrogen) atoms. The Morgan fingerprint density at radius 2 is 1.92 bits per heavy atom. The van der Waals surface area contributed by atoms with Crippen LogP contribution >= 0.6 is 12.4 Å². The number of hydrogen-bond donors (Lipinski definition) is 2. The summed E-state index contributed by atoms with van der Waals surface area (Å²) < 4.78 is 27.0. The van der Waals surface area contributed by atoms with Gasteiger partial charge in [0, 0.05) is 24.7 Å². The van der Waals surface area contributed by atoms with Gasteiger partial charge in [-0.3, -0.25) is 4.79 Å². The highest BCUT2D eigenvalue weighted by atomic mass is 35.5. The number of hydrogen-bond acceptors (Lipinski definition) is 4. The Balaban J connectivity index is 0.00000225. The SMILES string of the molecule is CC(C(=O)Nc1cccc(S(=O)(=O)N2CCCCC2)c1)C1CNC1.Cl. The molecule has 1 atom stereocenters. The first-order valence-corrected chi connectivity index (χ1v) is 10.0. The van der Waals surface area contributed by atoms with Gasteiger partial charge in [-0.25, -0.2) is 8.42 Å². The van der Waals surface area contributed by atoms with Gasteiger partial charge in [0.2, 0.25) is 15.9 Å². The molecule has 1 aromatic carbocycles. The van der Waals surface area contributed by atoms with E-state index in [1.165, 1.54) is 0 Å². The molecular weight excluding hydrogens is 362 g/mol. The fraction of sp³-hybridized carbons (Fsp3) is 0.588. The van der Waals surface area contributed by atoms with E-state index in [9.17, 15) is 13.2 Å². The number of halogens is 1. The molecule has 6 nitrogen and oxygen atoms in total. The first-order valence-electron chi connectivity index (χ1n) is 8.60. The van der Waals surface area contributed by atoms with E-state index in [0.717, 1.165) is 32.4 Å². The summed E-state index contributed by atoms with van der Waals surface area (Å²) >= 11 is 0. The van der Waals surface area contributed by atoms with Crippen LogP contribution in [0.5, 0.6) is 0 Å². The van der Waals surface area contributed by atoms with Crippen molar-refractivity contribution in [2.45, 2.75) is 31.1 Å². The van der Waals surface area contributed by atoms with Crippen LogP contribution in [0.25, 0.3) is 0 Å². The van der Waals surface area contributed by atoms with Gasteiger partial charge >= 0.3 is 0 Å². The van der Waals surface area contributed by atoms with Crippen LogP contribution < -0.4 is 10.6 Å². The Morgan fingerprint density at radius 3 is 2.52 bits per heavy atom. The van der Waals surface area contributed by atoms with Crippen LogP contribution in [0.4, 0.5) is 5.69 Å². The van der Waals surface area contributed by atoms with Crippen molar-refractivity contribution in [3.63, 3.8) is 0 Å². The molecule has 2 aliphatic heterocycles. The third kappa shape index (κ3) is 4.53. The van der Waals surface area contributed by atoms with Gasteiger partial charge in [-0.2, -0.15) is 4.31 Å². The summed E-state index contributed by atoms with van der Waals surface area (Å²) in [5, 5.41) is 6.02. The first-order chi connectivity index (χ1) is 11.5. The fourth-order valence-corrected chi connectivity index (χ4v) is 4.69. The van der Waals surface area contributed by atoms with E-state index < -0.39 is 10.0 Å². The zero-order valence-electron chi connectivity index (χ0n) is 14.4. The second-order valence-electron chi connectivity index (χ2n) is 6.69. The van der Waals surface area contributed by atoms with Crippen LogP contribution in [0.3, 0.4) is 0 Å². The lowest BCUT2D eigenvalue weighted by molar-refractivity contribution is -0.121. The Hall–Kier alpha value is -1.15. The molecule has 0 aromatic heterocycles. The molecule has 0 saturated carbocycles. The maximum absolute atomic E-state index is 12.7. The summed E-state index contributed by atoms with van der Waals surface area (Å²) in [6.45, 7) is 4.78. The molecule has 0 bridgehead atoms. The lowest BCUT2D eigenvalue weighted by Crippen LogP contribution is -2.48. The van der Waals surface area contributed by atoms with Crippen molar-refractivity contribution >= 4 is 34.0 Å². The average molecular weight is 388 g/mol. The van der Waals surface area contributed by atoms with Gasteiger partial charge in [0.05, 0.1) is 4.90 Å². The second-order valence-corrected chi connectivity index (χ2v) is 8.63. The molecule has 0 spiro atoms. The van der Waals surface area contributed by atoms with E-state index >= 15 is 0 Å². The number of benzene rings is 1. The highest BCUT2D eigenvalue weighted by Crippen LogP contribution is 2.24. The molecule has 0 aliphatic carbocycles. The van der Waals surface area contributed by atoms with E-state index in [0.29, 0.717) is 24.7 Å². The van der Waals surface area contributed by atoms with E-state index in [1.54, 1.807) is 28.6 Å².